The van der Waals surface area contributed by atoms with Gasteiger partial charge in [0.25, 0.3) is 0 Å². The molecule has 6 heteroatoms. The first-order chi connectivity index (χ1) is 10.1. The molecular formula is C15H19N3O2S. The van der Waals surface area contributed by atoms with E-state index < -0.39 is 0 Å². The molecule has 5 nitrogen and oxygen atoms in total. The highest BCUT2D eigenvalue weighted by molar-refractivity contribution is 8.15. The second-order valence-corrected chi connectivity index (χ2v) is 5.97. The largest absolute Gasteiger partial charge is 0.355 e. The van der Waals surface area contributed by atoms with E-state index in [4.69, 9.17) is 0 Å². The molecule has 1 aromatic carbocycles. The Labute approximate surface area is 128 Å². The molecule has 1 aliphatic rings. The van der Waals surface area contributed by atoms with E-state index in [1.807, 2.05) is 30.3 Å². The molecule has 0 spiro atoms. The highest BCUT2D eigenvalue weighted by Gasteiger charge is 2.33. The second kappa shape index (κ2) is 7.26. The molecule has 1 N–H and O–H groups in total. The van der Waals surface area contributed by atoms with Crippen LogP contribution >= 0.6 is 11.8 Å². The SMILES string of the molecule is CN=C1SC(C(=O)NCCc2ccccc2)CC(=O)N1C. The molecule has 112 valence electrons. The van der Waals surface area contributed by atoms with Gasteiger partial charge in [-0.1, -0.05) is 42.1 Å². The molecule has 1 unspecified atom stereocenters. The van der Waals surface area contributed by atoms with E-state index in [0.29, 0.717) is 11.7 Å². The molecular weight excluding hydrogens is 286 g/mol. The zero-order chi connectivity index (χ0) is 15.2. The molecule has 0 aromatic heterocycles. The lowest BCUT2D eigenvalue weighted by atomic mass is 10.1. The molecule has 1 aliphatic heterocycles. The monoisotopic (exact) mass is 305 g/mol. The number of thioether (sulfide) groups is 1. The second-order valence-electron chi connectivity index (χ2n) is 4.80. The summed E-state index contributed by atoms with van der Waals surface area (Å²) in [5.41, 5.74) is 1.18. The maximum Gasteiger partial charge on any atom is 0.234 e. The lowest BCUT2D eigenvalue weighted by molar-refractivity contribution is -0.129. The van der Waals surface area contributed by atoms with Crippen molar-refractivity contribution in [3.05, 3.63) is 35.9 Å². The summed E-state index contributed by atoms with van der Waals surface area (Å²) in [7, 11) is 3.31. The van der Waals surface area contributed by atoms with Crippen molar-refractivity contribution in [1.29, 1.82) is 0 Å². The molecule has 1 atom stereocenters. The first kappa shape index (κ1) is 15.6. The number of nitrogens with zero attached hydrogens (tertiary/aromatic N) is 2. The molecule has 2 amide bonds. The van der Waals surface area contributed by atoms with Gasteiger partial charge in [-0.05, 0) is 12.0 Å². The Morgan fingerprint density at radius 2 is 2.14 bits per heavy atom. The van der Waals surface area contributed by atoms with Crippen LogP contribution in [0.2, 0.25) is 0 Å². The topological polar surface area (TPSA) is 61.8 Å². The minimum atomic E-state index is -0.386. The zero-order valence-electron chi connectivity index (χ0n) is 12.2. The number of amides is 2. The lowest BCUT2D eigenvalue weighted by Gasteiger charge is -2.28. The Bertz CT molecular complexity index is 545. The number of carbonyl (C=O) groups is 2. The van der Waals surface area contributed by atoms with Crippen molar-refractivity contribution in [2.24, 2.45) is 4.99 Å². The summed E-state index contributed by atoms with van der Waals surface area (Å²) in [6, 6.07) is 9.98. The Balaban J connectivity index is 1.85. The summed E-state index contributed by atoms with van der Waals surface area (Å²) in [5, 5.41) is 3.10. The van der Waals surface area contributed by atoms with Crippen LogP contribution in [0, 0.1) is 0 Å². The predicted molar refractivity (Wildman–Crippen MR) is 85.3 cm³/mol. The number of hydrogen-bond donors (Lipinski definition) is 1. The van der Waals surface area contributed by atoms with E-state index in [9.17, 15) is 9.59 Å². The van der Waals surface area contributed by atoms with Gasteiger partial charge in [0.2, 0.25) is 11.8 Å². The van der Waals surface area contributed by atoms with Crippen molar-refractivity contribution >= 4 is 28.7 Å². The van der Waals surface area contributed by atoms with Gasteiger partial charge in [-0.25, -0.2) is 0 Å². The maximum atomic E-state index is 12.1. The van der Waals surface area contributed by atoms with Crippen LogP contribution in [0.5, 0.6) is 0 Å². The minimum absolute atomic E-state index is 0.0717. The zero-order valence-corrected chi connectivity index (χ0v) is 13.0. The van der Waals surface area contributed by atoms with Crippen LogP contribution in [-0.2, 0) is 16.0 Å². The van der Waals surface area contributed by atoms with Crippen molar-refractivity contribution in [2.75, 3.05) is 20.6 Å². The maximum absolute atomic E-state index is 12.1. The van der Waals surface area contributed by atoms with Crippen LogP contribution in [0.1, 0.15) is 12.0 Å². The van der Waals surface area contributed by atoms with Crippen LogP contribution in [0.15, 0.2) is 35.3 Å². The first-order valence-electron chi connectivity index (χ1n) is 6.83. The third kappa shape index (κ3) is 4.07. The van der Waals surface area contributed by atoms with Gasteiger partial charge >= 0.3 is 0 Å². The number of aliphatic imine (C=N–C) groups is 1. The average Bonchev–Trinajstić information content (AvgIpc) is 2.50. The molecule has 2 rings (SSSR count). The van der Waals surface area contributed by atoms with Gasteiger partial charge in [-0.15, -0.1) is 0 Å². The smallest absolute Gasteiger partial charge is 0.234 e. The summed E-state index contributed by atoms with van der Waals surface area (Å²) in [4.78, 5) is 29.5. The third-order valence-electron chi connectivity index (χ3n) is 3.31. The van der Waals surface area contributed by atoms with E-state index in [-0.39, 0.29) is 23.5 Å². The van der Waals surface area contributed by atoms with Gasteiger partial charge in [0.15, 0.2) is 5.17 Å². The Hall–Kier alpha value is -1.82. The van der Waals surface area contributed by atoms with Crippen molar-refractivity contribution in [3.63, 3.8) is 0 Å². The van der Waals surface area contributed by atoms with Crippen molar-refractivity contribution in [1.82, 2.24) is 10.2 Å². The molecule has 0 saturated carbocycles. The number of amidine groups is 1. The van der Waals surface area contributed by atoms with Gasteiger partial charge in [0.05, 0.1) is 5.25 Å². The Morgan fingerprint density at radius 1 is 1.43 bits per heavy atom. The Morgan fingerprint density at radius 3 is 2.81 bits per heavy atom. The van der Waals surface area contributed by atoms with Crippen LogP contribution in [0.4, 0.5) is 0 Å². The molecule has 1 aromatic rings. The third-order valence-corrected chi connectivity index (χ3v) is 4.64. The summed E-state index contributed by atoms with van der Waals surface area (Å²) in [6.07, 6.45) is 1.00. The molecule has 0 radical (unpaired) electrons. The summed E-state index contributed by atoms with van der Waals surface area (Å²) in [6.45, 7) is 0.572. The van der Waals surface area contributed by atoms with E-state index in [2.05, 4.69) is 10.3 Å². The fraction of sp³-hybridized carbons (Fsp3) is 0.400. The van der Waals surface area contributed by atoms with Crippen LogP contribution < -0.4 is 5.32 Å². The molecule has 0 bridgehead atoms. The number of carbonyl (C=O) groups excluding carboxylic acids is 2. The van der Waals surface area contributed by atoms with Gasteiger partial charge in [0.1, 0.15) is 0 Å². The van der Waals surface area contributed by atoms with Crippen molar-refractivity contribution in [2.45, 2.75) is 18.1 Å². The first-order valence-corrected chi connectivity index (χ1v) is 7.71. The normalized spacial score (nSPS) is 20.7. The number of rotatable bonds is 4. The molecule has 1 heterocycles. The highest BCUT2D eigenvalue weighted by Crippen LogP contribution is 2.25. The van der Waals surface area contributed by atoms with Crippen molar-refractivity contribution < 1.29 is 9.59 Å². The summed E-state index contributed by atoms with van der Waals surface area (Å²) >= 11 is 1.34. The van der Waals surface area contributed by atoms with Crippen molar-refractivity contribution in [3.8, 4) is 0 Å². The average molecular weight is 305 g/mol. The van der Waals surface area contributed by atoms with Crippen LogP contribution in [-0.4, -0.2) is 47.8 Å². The standard InChI is InChI=1S/C15H19N3O2S/c1-16-15-18(2)13(19)10-12(21-15)14(20)17-9-8-11-6-4-3-5-7-11/h3-7,12H,8-10H2,1-2H3,(H,17,20). The minimum Gasteiger partial charge on any atom is -0.355 e. The number of hydrogen-bond acceptors (Lipinski definition) is 4. The van der Waals surface area contributed by atoms with Gasteiger partial charge < -0.3 is 5.32 Å². The summed E-state index contributed by atoms with van der Waals surface area (Å²) < 4.78 is 0. The van der Waals surface area contributed by atoms with E-state index in [1.165, 1.54) is 22.2 Å². The van der Waals surface area contributed by atoms with Gasteiger partial charge in [-0.3, -0.25) is 19.5 Å². The Kier molecular flexibility index (Phi) is 5.38. The van der Waals surface area contributed by atoms with E-state index in [1.54, 1.807) is 14.1 Å². The predicted octanol–water partition coefficient (Wildman–Crippen LogP) is 1.29. The van der Waals surface area contributed by atoms with Crippen LogP contribution in [0.3, 0.4) is 0 Å². The molecule has 21 heavy (non-hydrogen) atoms. The number of benzene rings is 1. The quantitative estimate of drug-likeness (QED) is 0.912. The summed E-state index contributed by atoms with van der Waals surface area (Å²) in [5.74, 6) is -0.170. The van der Waals surface area contributed by atoms with Crippen LogP contribution in [0.25, 0.3) is 0 Å². The molecule has 1 fully saturated rings. The van der Waals surface area contributed by atoms with E-state index >= 15 is 0 Å². The van der Waals surface area contributed by atoms with Gasteiger partial charge in [0, 0.05) is 27.1 Å². The fourth-order valence-electron chi connectivity index (χ4n) is 2.09. The fourth-order valence-corrected chi connectivity index (χ4v) is 3.12. The lowest BCUT2D eigenvalue weighted by Crippen LogP contribution is -2.45. The number of nitrogens with one attached hydrogen (secondary N) is 1. The van der Waals surface area contributed by atoms with E-state index in [0.717, 1.165) is 6.42 Å². The van der Waals surface area contributed by atoms with Gasteiger partial charge in [-0.2, -0.15) is 0 Å². The highest BCUT2D eigenvalue weighted by atomic mass is 32.2. The molecule has 0 aliphatic carbocycles. The molecule has 1 saturated heterocycles.